The Labute approximate surface area is 178 Å². The highest BCUT2D eigenvalue weighted by atomic mass is 31.2. The normalized spacial score (nSPS) is 18.3. The molecule has 1 heterocycles. The summed E-state index contributed by atoms with van der Waals surface area (Å²) in [5.74, 6) is 0.994. The van der Waals surface area contributed by atoms with Crippen molar-refractivity contribution in [1.82, 2.24) is 0 Å². The van der Waals surface area contributed by atoms with Gasteiger partial charge in [-0.15, -0.1) is 0 Å². The first kappa shape index (κ1) is 19.0. The molecule has 1 spiro atoms. The van der Waals surface area contributed by atoms with Gasteiger partial charge in [0.15, 0.2) is 0 Å². The molecule has 0 amide bonds. The molecular weight excluding hydrogens is 424 g/mol. The second kappa shape index (κ2) is 6.64. The third-order valence-electron chi connectivity index (χ3n) is 6.54. The molecule has 0 unspecified atom stereocenters. The van der Waals surface area contributed by atoms with Crippen LogP contribution >= 0.6 is 8.60 Å². The van der Waals surface area contributed by atoms with Crippen molar-refractivity contribution in [3.05, 3.63) is 88.5 Å². The number of aryl methyl sites for hydroxylation is 2. The SMILES string of the molecule is FC(F)(F)c1ccccc1OP1Oc2cccc3c2C2(CC3)CCc3cccc(c32)O1. The van der Waals surface area contributed by atoms with Crippen molar-refractivity contribution in [1.29, 1.82) is 0 Å². The van der Waals surface area contributed by atoms with Crippen LogP contribution in [0.1, 0.15) is 40.7 Å². The Morgan fingerprint density at radius 3 is 1.94 bits per heavy atom. The number of benzene rings is 3. The van der Waals surface area contributed by atoms with Crippen molar-refractivity contribution in [2.24, 2.45) is 0 Å². The van der Waals surface area contributed by atoms with Crippen LogP contribution in [0.5, 0.6) is 17.2 Å². The van der Waals surface area contributed by atoms with Crippen LogP contribution in [0.25, 0.3) is 0 Å². The summed E-state index contributed by atoms with van der Waals surface area (Å²) in [6.07, 6.45) is -0.699. The molecule has 6 rings (SSSR count). The van der Waals surface area contributed by atoms with Gasteiger partial charge in [0.25, 0.3) is 0 Å². The lowest BCUT2D eigenvalue weighted by Crippen LogP contribution is -2.24. The number of para-hydroxylation sites is 1. The average Bonchev–Trinajstić information content (AvgIpc) is 3.30. The molecule has 3 nitrogen and oxygen atoms in total. The zero-order chi connectivity index (χ0) is 21.2. The van der Waals surface area contributed by atoms with E-state index < -0.39 is 20.3 Å². The van der Waals surface area contributed by atoms with Gasteiger partial charge < -0.3 is 13.6 Å². The molecule has 31 heavy (non-hydrogen) atoms. The molecule has 7 heteroatoms. The van der Waals surface area contributed by atoms with Crippen molar-refractivity contribution in [3.8, 4) is 17.2 Å². The molecule has 0 saturated heterocycles. The Morgan fingerprint density at radius 1 is 0.774 bits per heavy atom. The molecule has 0 N–H and O–H groups in total. The van der Waals surface area contributed by atoms with Crippen molar-refractivity contribution < 1.29 is 26.7 Å². The van der Waals surface area contributed by atoms with Crippen LogP contribution in [0.4, 0.5) is 13.2 Å². The summed E-state index contributed by atoms with van der Waals surface area (Å²) in [4.78, 5) is 0. The summed E-state index contributed by atoms with van der Waals surface area (Å²) in [5.41, 5.74) is 3.73. The highest BCUT2D eigenvalue weighted by Gasteiger charge is 2.50. The minimum absolute atomic E-state index is 0.164. The summed E-state index contributed by atoms with van der Waals surface area (Å²) in [6, 6.07) is 17.0. The van der Waals surface area contributed by atoms with Crippen LogP contribution in [0.3, 0.4) is 0 Å². The van der Waals surface area contributed by atoms with Gasteiger partial charge in [0.1, 0.15) is 17.2 Å². The van der Waals surface area contributed by atoms with Gasteiger partial charge in [0.05, 0.1) is 5.56 Å². The van der Waals surface area contributed by atoms with Gasteiger partial charge in [0.2, 0.25) is 0 Å². The van der Waals surface area contributed by atoms with E-state index in [1.165, 1.54) is 29.3 Å². The molecule has 0 bridgehead atoms. The zero-order valence-corrected chi connectivity index (χ0v) is 17.3. The Hall–Kier alpha value is -2.72. The molecule has 3 aromatic rings. The second-order valence-electron chi connectivity index (χ2n) is 8.15. The van der Waals surface area contributed by atoms with E-state index in [1.54, 1.807) is 0 Å². The lowest BCUT2D eigenvalue weighted by molar-refractivity contribution is -0.138. The first-order chi connectivity index (χ1) is 15.0. The van der Waals surface area contributed by atoms with Crippen molar-refractivity contribution in [2.45, 2.75) is 37.3 Å². The first-order valence-electron chi connectivity index (χ1n) is 10.2. The fraction of sp³-hybridized carbons (Fsp3) is 0.250. The summed E-state index contributed by atoms with van der Waals surface area (Å²) in [5, 5.41) is 0. The Kier molecular flexibility index (Phi) is 4.07. The summed E-state index contributed by atoms with van der Waals surface area (Å²) < 4.78 is 58.6. The van der Waals surface area contributed by atoms with E-state index in [0.29, 0.717) is 11.5 Å². The highest BCUT2D eigenvalue weighted by Crippen LogP contribution is 2.61. The van der Waals surface area contributed by atoms with Crippen molar-refractivity contribution >= 4 is 8.60 Å². The standard InChI is InChI=1S/C24H18F3O3P/c25-24(26,27)17-7-1-2-8-18(17)28-31-29-19-9-3-5-15-11-13-23(21(15)19)14-12-16-6-4-10-20(30-31)22(16)23/h1-10H,11-14H2. The molecule has 2 aliphatic carbocycles. The molecule has 0 radical (unpaired) electrons. The Bertz CT molecular complexity index is 1130. The number of alkyl halides is 3. The number of halogens is 3. The van der Waals surface area contributed by atoms with Gasteiger partial charge in [-0.1, -0.05) is 36.4 Å². The third-order valence-corrected chi connectivity index (χ3v) is 7.57. The Morgan fingerprint density at radius 2 is 1.35 bits per heavy atom. The predicted molar refractivity (Wildman–Crippen MR) is 111 cm³/mol. The van der Waals surface area contributed by atoms with E-state index >= 15 is 0 Å². The fourth-order valence-electron chi connectivity index (χ4n) is 5.33. The van der Waals surface area contributed by atoms with E-state index in [0.717, 1.165) is 42.9 Å². The monoisotopic (exact) mass is 442 g/mol. The van der Waals surface area contributed by atoms with E-state index in [9.17, 15) is 13.2 Å². The molecular formula is C24H18F3O3P. The van der Waals surface area contributed by atoms with E-state index in [4.69, 9.17) is 13.6 Å². The minimum Gasteiger partial charge on any atom is -0.408 e. The molecule has 1 aliphatic heterocycles. The zero-order valence-electron chi connectivity index (χ0n) is 16.4. The van der Waals surface area contributed by atoms with Crippen LogP contribution in [-0.2, 0) is 24.4 Å². The average molecular weight is 442 g/mol. The summed E-state index contributed by atoms with van der Waals surface area (Å²) in [7, 11) is -2.14. The van der Waals surface area contributed by atoms with E-state index in [2.05, 4.69) is 12.1 Å². The van der Waals surface area contributed by atoms with Crippen LogP contribution in [0.2, 0.25) is 0 Å². The topological polar surface area (TPSA) is 27.7 Å². The van der Waals surface area contributed by atoms with Gasteiger partial charge in [-0.2, -0.15) is 13.2 Å². The quantitative estimate of drug-likeness (QED) is 0.402. The van der Waals surface area contributed by atoms with Gasteiger partial charge >= 0.3 is 14.8 Å². The largest absolute Gasteiger partial charge is 0.530 e. The predicted octanol–water partition coefficient (Wildman–Crippen LogP) is 6.96. The maximum Gasteiger partial charge on any atom is 0.530 e. The lowest BCUT2D eigenvalue weighted by Gasteiger charge is -2.33. The highest BCUT2D eigenvalue weighted by molar-refractivity contribution is 7.43. The smallest absolute Gasteiger partial charge is 0.408 e. The van der Waals surface area contributed by atoms with Crippen LogP contribution < -0.4 is 13.6 Å². The molecule has 3 aliphatic rings. The molecule has 0 aromatic heterocycles. The number of rotatable bonds is 2. The van der Waals surface area contributed by atoms with Crippen molar-refractivity contribution in [3.63, 3.8) is 0 Å². The third kappa shape index (κ3) is 2.85. The minimum atomic E-state index is -4.54. The summed E-state index contributed by atoms with van der Waals surface area (Å²) >= 11 is 0. The summed E-state index contributed by atoms with van der Waals surface area (Å²) in [6.45, 7) is 0. The van der Waals surface area contributed by atoms with Crippen molar-refractivity contribution in [2.75, 3.05) is 0 Å². The molecule has 0 fully saturated rings. The second-order valence-corrected chi connectivity index (χ2v) is 9.15. The maximum absolute atomic E-state index is 13.5. The molecule has 158 valence electrons. The molecule has 0 atom stereocenters. The maximum atomic E-state index is 13.5. The number of hydrogen-bond acceptors (Lipinski definition) is 3. The van der Waals surface area contributed by atoms with Gasteiger partial charge in [-0.3, -0.25) is 0 Å². The van der Waals surface area contributed by atoms with Crippen LogP contribution in [0.15, 0.2) is 60.7 Å². The van der Waals surface area contributed by atoms with Gasteiger partial charge in [0, 0.05) is 16.5 Å². The lowest BCUT2D eigenvalue weighted by atomic mass is 9.76. The Balaban J connectivity index is 1.49. The van der Waals surface area contributed by atoms with E-state index in [-0.39, 0.29) is 11.2 Å². The molecule has 0 saturated carbocycles. The fourth-order valence-corrected chi connectivity index (χ4v) is 6.39. The van der Waals surface area contributed by atoms with Crippen LogP contribution in [0, 0.1) is 0 Å². The number of hydrogen-bond donors (Lipinski definition) is 0. The van der Waals surface area contributed by atoms with E-state index in [1.807, 2.05) is 24.3 Å². The van der Waals surface area contributed by atoms with Gasteiger partial charge in [-0.05, 0) is 61.1 Å². The first-order valence-corrected chi connectivity index (χ1v) is 11.3. The molecule has 3 aromatic carbocycles. The van der Waals surface area contributed by atoms with Gasteiger partial charge in [-0.25, -0.2) is 0 Å². The van der Waals surface area contributed by atoms with Crippen LogP contribution in [-0.4, -0.2) is 0 Å².